The third-order valence-electron chi connectivity index (χ3n) is 5.99. The Morgan fingerprint density at radius 1 is 1.12 bits per heavy atom. The summed E-state index contributed by atoms with van der Waals surface area (Å²) in [7, 11) is 0. The molecule has 1 aromatic heterocycles. The lowest BCUT2D eigenvalue weighted by atomic mass is 9.99. The molecule has 4 rings (SSSR count). The van der Waals surface area contributed by atoms with E-state index in [1.807, 2.05) is 12.1 Å². The number of amides is 1. The van der Waals surface area contributed by atoms with E-state index in [0.717, 1.165) is 62.7 Å². The van der Waals surface area contributed by atoms with Crippen LogP contribution in [-0.2, 0) is 0 Å². The molecule has 0 aliphatic carbocycles. The molecule has 1 amide bonds. The third-order valence-corrected chi connectivity index (χ3v) is 5.99. The lowest BCUT2D eigenvalue weighted by Gasteiger charge is -2.31. The first-order valence-corrected chi connectivity index (χ1v) is 9.47. The monoisotopic (exact) mass is 328 g/mol. The van der Waals surface area contributed by atoms with Gasteiger partial charge < -0.3 is 15.1 Å². The van der Waals surface area contributed by atoms with Crippen LogP contribution in [0.3, 0.4) is 0 Å². The molecule has 0 radical (unpaired) electrons. The van der Waals surface area contributed by atoms with Crippen molar-refractivity contribution in [1.29, 1.82) is 0 Å². The predicted octanol–water partition coefficient (Wildman–Crippen LogP) is 2.28. The third kappa shape index (κ3) is 3.02. The van der Waals surface area contributed by atoms with Crippen molar-refractivity contribution in [2.45, 2.75) is 51.1 Å². The van der Waals surface area contributed by atoms with Gasteiger partial charge in [0.15, 0.2) is 0 Å². The Morgan fingerprint density at radius 3 is 2.67 bits per heavy atom. The molecule has 4 heterocycles. The van der Waals surface area contributed by atoms with Gasteiger partial charge in [0, 0.05) is 37.9 Å². The molecule has 1 N–H and O–H groups in total. The van der Waals surface area contributed by atoms with E-state index in [2.05, 4.69) is 27.0 Å². The van der Waals surface area contributed by atoms with Crippen molar-refractivity contribution < 1.29 is 4.79 Å². The van der Waals surface area contributed by atoms with Crippen molar-refractivity contribution in [3.05, 3.63) is 23.9 Å². The highest BCUT2D eigenvalue weighted by atomic mass is 16.2. The van der Waals surface area contributed by atoms with Gasteiger partial charge in [-0.15, -0.1) is 0 Å². The van der Waals surface area contributed by atoms with Crippen LogP contribution in [0.25, 0.3) is 0 Å². The van der Waals surface area contributed by atoms with Crippen LogP contribution in [0.2, 0.25) is 0 Å². The molecule has 0 saturated carbocycles. The molecule has 2 atom stereocenters. The number of nitrogens with zero attached hydrogens (tertiary/aromatic N) is 3. The second-order valence-corrected chi connectivity index (χ2v) is 7.66. The highest BCUT2D eigenvalue weighted by molar-refractivity contribution is 5.94. The number of pyridine rings is 1. The first-order chi connectivity index (χ1) is 11.7. The molecule has 2 unspecified atom stereocenters. The zero-order chi connectivity index (χ0) is 16.5. The van der Waals surface area contributed by atoms with E-state index in [1.54, 1.807) is 6.20 Å². The Labute approximate surface area is 144 Å². The molecule has 2 bridgehead atoms. The fourth-order valence-electron chi connectivity index (χ4n) is 4.40. The number of hydrogen-bond donors (Lipinski definition) is 1. The molecule has 3 aliphatic heterocycles. The van der Waals surface area contributed by atoms with Crippen LogP contribution in [0.4, 0.5) is 5.82 Å². The van der Waals surface area contributed by atoms with Gasteiger partial charge in [-0.05, 0) is 56.7 Å². The van der Waals surface area contributed by atoms with Crippen LogP contribution >= 0.6 is 0 Å². The van der Waals surface area contributed by atoms with E-state index >= 15 is 0 Å². The fraction of sp³-hybridized carbons (Fsp3) is 0.684. The van der Waals surface area contributed by atoms with Crippen molar-refractivity contribution in [1.82, 2.24) is 15.2 Å². The van der Waals surface area contributed by atoms with Crippen LogP contribution in [0.15, 0.2) is 18.3 Å². The quantitative estimate of drug-likeness (QED) is 0.905. The Morgan fingerprint density at radius 2 is 1.92 bits per heavy atom. The zero-order valence-electron chi connectivity index (χ0n) is 14.6. The number of fused-ring (bicyclic) bond motifs is 2. The molecule has 3 saturated heterocycles. The minimum absolute atomic E-state index is 0.164. The average molecular weight is 328 g/mol. The number of aromatic nitrogens is 1. The second-order valence-electron chi connectivity index (χ2n) is 7.66. The molecule has 130 valence electrons. The maximum absolute atomic E-state index is 13.0. The molecular weight excluding hydrogens is 300 g/mol. The summed E-state index contributed by atoms with van der Waals surface area (Å²) in [5.74, 6) is 1.99. The van der Waals surface area contributed by atoms with Gasteiger partial charge in [0.05, 0.1) is 5.56 Å². The summed E-state index contributed by atoms with van der Waals surface area (Å²) in [5, 5.41) is 3.45. The minimum atomic E-state index is 0.164. The van der Waals surface area contributed by atoms with E-state index in [9.17, 15) is 4.79 Å². The summed E-state index contributed by atoms with van der Waals surface area (Å²) >= 11 is 0. The first kappa shape index (κ1) is 15.9. The molecular formula is C19H28N4O. The first-order valence-electron chi connectivity index (χ1n) is 9.47. The van der Waals surface area contributed by atoms with E-state index in [0.29, 0.717) is 12.1 Å². The molecule has 3 fully saturated rings. The Balaban J connectivity index is 1.47. The summed E-state index contributed by atoms with van der Waals surface area (Å²) in [6.45, 7) is 6.42. The highest BCUT2D eigenvalue weighted by Crippen LogP contribution is 2.30. The number of rotatable bonds is 2. The number of carbonyl (C=O) groups is 1. The van der Waals surface area contributed by atoms with Gasteiger partial charge in [-0.2, -0.15) is 0 Å². The molecule has 1 aromatic rings. The maximum atomic E-state index is 13.0. The predicted molar refractivity (Wildman–Crippen MR) is 95.3 cm³/mol. The van der Waals surface area contributed by atoms with Gasteiger partial charge in [0.2, 0.25) is 0 Å². The Bertz CT molecular complexity index is 566. The van der Waals surface area contributed by atoms with Gasteiger partial charge in [-0.3, -0.25) is 4.79 Å². The zero-order valence-corrected chi connectivity index (χ0v) is 14.6. The smallest absolute Gasteiger partial charge is 0.255 e. The van der Waals surface area contributed by atoms with Gasteiger partial charge >= 0.3 is 0 Å². The van der Waals surface area contributed by atoms with Crippen molar-refractivity contribution in [2.24, 2.45) is 5.92 Å². The Kier molecular flexibility index (Phi) is 4.44. The summed E-state index contributed by atoms with van der Waals surface area (Å²) in [6.07, 6.45) is 7.59. The number of nitrogens with one attached hydrogen (secondary N) is 1. The second kappa shape index (κ2) is 6.71. The topological polar surface area (TPSA) is 48.5 Å². The van der Waals surface area contributed by atoms with Gasteiger partial charge in [0.25, 0.3) is 5.91 Å². The van der Waals surface area contributed by atoms with Crippen LogP contribution in [0, 0.1) is 5.92 Å². The summed E-state index contributed by atoms with van der Waals surface area (Å²) < 4.78 is 0. The normalized spacial score (nSPS) is 28.0. The fourth-order valence-corrected chi connectivity index (χ4v) is 4.40. The van der Waals surface area contributed by atoms with Gasteiger partial charge in [-0.25, -0.2) is 4.98 Å². The lowest BCUT2D eigenvalue weighted by Crippen LogP contribution is -2.42. The maximum Gasteiger partial charge on any atom is 0.255 e. The van der Waals surface area contributed by atoms with E-state index in [-0.39, 0.29) is 5.91 Å². The summed E-state index contributed by atoms with van der Waals surface area (Å²) in [6, 6.07) is 4.76. The van der Waals surface area contributed by atoms with Gasteiger partial charge in [-0.1, -0.05) is 6.92 Å². The van der Waals surface area contributed by atoms with Crippen LogP contribution in [0.1, 0.15) is 49.4 Å². The molecule has 0 spiro atoms. The summed E-state index contributed by atoms with van der Waals surface area (Å²) in [5.41, 5.74) is 0.739. The van der Waals surface area contributed by atoms with E-state index in [4.69, 9.17) is 0 Å². The number of anilines is 1. The molecule has 24 heavy (non-hydrogen) atoms. The summed E-state index contributed by atoms with van der Waals surface area (Å²) in [4.78, 5) is 22.1. The van der Waals surface area contributed by atoms with E-state index in [1.165, 1.54) is 12.8 Å². The Hall–Kier alpha value is -1.62. The van der Waals surface area contributed by atoms with Crippen molar-refractivity contribution in [2.75, 3.05) is 31.1 Å². The van der Waals surface area contributed by atoms with Crippen molar-refractivity contribution in [3.63, 3.8) is 0 Å². The van der Waals surface area contributed by atoms with Crippen LogP contribution in [-0.4, -0.2) is 54.1 Å². The lowest BCUT2D eigenvalue weighted by molar-refractivity contribution is 0.0680. The number of hydrogen-bond acceptors (Lipinski definition) is 4. The van der Waals surface area contributed by atoms with Crippen molar-refractivity contribution >= 4 is 11.7 Å². The highest BCUT2D eigenvalue weighted by Gasteiger charge is 2.38. The average Bonchev–Trinajstić information content (AvgIpc) is 2.88. The molecule has 3 aliphatic rings. The van der Waals surface area contributed by atoms with Crippen LogP contribution < -0.4 is 10.2 Å². The number of piperidine rings is 1. The van der Waals surface area contributed by atoms with Gasteiger partial charge in [0.1, 0.15) is 5.82 Å². The largest absolute Gasteiger partial charge is 0.357 e. The standard InChI is InChI=1S/C19H28N4O/c1-14-7-10-22(11-8-14)18-5-2-15(12-21-18)19(24)23-16-3-4-17(23)13-20-9-6-16/h2,5,12,14,16-17,20H,3-4,6-11,13H2,1H3. The molecule has 5 heteroatoms. The number of carbonyl (C=O) groups excluding carboxylic acids is 1. The minimum Gasteiger partial charge on any atom is -0.357 e. The van der Waals surface area contributed by atoms with Crippen molar-refractivity contribution in [3.8, 4) is 0 Å². The molecule has 5 nitrogen and oxygen atoms in total. The van der Waals surface area contributed by atoms with E-state index < -0.39 is 0 Å². The molecule has 0 aromatic carbocycles. The SMILES string of the molecule is CC1CCN(c2ccc(C(=O)N3C4CCNCC3CC4)cn2)CC1. The van der Waals surface area contributed by atoms with Crippen LogP contribution in [0.5, 0.6) is 0 Å².